The number of halogens is 1. The second-order valence-corrected chi connectivity index (χ2v) is 5.34. The normalized spacial score (nSPS) is 11.8. The number of anilines is 1. The molecule has 2 rings (SSSR count). The molecule has 20 heavy (non-hydrogen) atoms. The van der Waals surface area contributed by atoms with Crippen LogP contribution in [0.5, 0.6) is 11.5 Å². The van der Waals surface area contributed by atoms with E-state index >= 15 is 0 Å². The standard InChI is InChI=1S/C16H18BrNO2/c1-11(12-4-7-14(19-2)8-5-12)18-13-6-9-15(17)16(10-13)20-3/h4-11,18H,1-3H3. The molecule has 1 unspecified atom stereocenters. The first-order valence-electron chi connectivity index (χ1n) is 6.38. The van der Waals surface area contributed by atoms with E-state index < -0.39 is 0 Å². The summed E-state index contributed by atoms with van der Waals surface area (Å²) in [6.07, 6.45) is 0. The first kappa shape index (κ1) is 14.7. The molecule has 0 saturated heterocycles. The molecule has 0 bridgehead atoms. The van der Waals surface area contributed by atoms with Gasteiger partial charge >= 0.3 is 0 Å². The molecule has 0 fully saturated rings. The summed E-state index contributed by atoms with van der Waals surface area (Å²) in [6.45, 7) is 2.12. The van der Waals surface area contributed by atoms with Crippen molar-refractivity contribution in [2.24, 2.45) is 0 Å². The van der Waals surface area contributed by atoms with Crippen LogP contribution in [0.1, 0.15) is 18.5 Å². The first-order chi connectivity index (χ1) is 9.63. The van der Waals surface area contributed by atoms with Crippen LogP contribution in [-0.4, -0.2) is 14.2 Å². The summed E-state index contributed by atoms with van der Waals surface area (Å²) in [5.74, 6) is 1.68. The summed E-state index contributed by atoms with van der Waals surface area (Å²) in [4.78, 5) is 0. The molecule has 0 aliphatic heterocycles. The third kappa shape index (κ3) is 3.45. The van der Waals surface area contributed by atoms with E-state index in [9.17, 15) is 0 Å². The minimum absolute atomic E-state index is 0.201. The minimum atomic E-state index is 0.201. The van der Waals surface area contributed by atoms with Crippen molar-refractivity contribution >= 4 is 21.6 Å². The maximum Gasteiger partial charge on any atom is 0.135 e. The van der Waals surface area contributed by atoms with Crippen LogP contribution < -0.4 is 14.8 Å². The molecule has 3 nitrogen and oxygen atoms in total. The fraction of sp³-hybridized carbons (Fsp3) is 0.250. The van der Waals surface area contributed by atoms with Gasteiger partial charge in [-0.2, -0.15) is 0 Å². The zero-order chi connectivity index (χ0) is 14.5. The van der Waals surface area contributed by atoms with Crippen molar-refractivity contribution in [3.05, 3.63) is 52.5 Å². The maximum absolute atomic E-state index is 5.30. The molecule has 4 heteroatoms. The Morgan fingerprint density at radius 3 is 2.30 bits per heavy atom. The molecule has 2 aromatic rings. The number of hydrogen-bond donors (Lipinski definition) is 1. The predicted molar refractivity (Wildman–Crippen MR) is 85.7 cm³/mol. The monoisotopic (exact) mass is 335 g/mol. The molecule has 0 aliphatic rings. The Kier molecular flexibility index (Phi) is 4.90. The number of nitrogens with one attached hydrogen (secondary N) is 1. The maximum atomic E-state index is 5.30. The summed E-state index contributed by atoms with van der Waals surface area (Å²) >= 11 is 3.45. The molecule has 0 amide bonds. The highest BCUT2D eigenvalue weighted by molar-refractivity contribution is 9.10. The quantitative estimate of drug-likeness (QED) is 0.863. The highest BCUT2D eigenvalue weighted by Gasteiger charge is 2.07. The van der Waals surface area contributed by atoms with Crippen molar-refractivity contribution in [3.63, 3.8) is 0 Å². The summed E-state index contributed by atoms with van der Waals surface area (Å²) in [5, 5.41) is 3.46. The molecular formula is C16H18BrNO2. The topological polar surface area (TPSA) is 30.5 Å². The highest BCUT2D eigenvalue weighted by Crippen LogP contribution is 2.30. The van der Waals surface area contributed by atoms with Gasteiger partial charge in [-0.25, -0.2) is 0 Å². The van der Waals surface area contributed by atoms with Crippen LogP contribution in [0.4, 0.5) is 5.69 Å². The van der Waals surface area contributed by atoms with Gasteiger partial charge in [-0.15, -0.1) is 0 Å². The zero-order valence-corrected chi connectivity index (χ0v) is 13.4. The van der Waals surface area contributed by atoms with E-state index in [2.05, 4.69) is 40.3 Å². The summed E-state index contributed by atoms with van der Waals surface area (Å²) in [6, 6.07) is 14.2. The number of ether oxygens (including phenoxy) is 2. The molecule has 1 atom stereocenters. The van der Waals surface area contributed by atoms with Crippen LogP contribution in [0.2, 0.25) is 0 Å². The third-order valence-electron chi connectivity index (χ3n) is 3.15. The lowest BCUT2D eigenvalue weighted by Gasteiger charge is -2.17. The lowest BCUT2D eigenvalue weighted by molar-refractivity contribution is 0.412. The van der Waals surface area contributed by atoms with E-state index in [1.54, 1.807) is 14.2 Å². The molecule has 1 N–H and O–H groups in total. The van der Waals surface area contributed by atoms with Crippen molar-refractivity contribution in [2.45, 2.75) is 13.0 Å². The molecule has 0 aliphatic carbocycles. The third-order valence-corrected chi connectivity index (χ3v) is 3.81. The predicted octanol–water partition coefficient (Wildman–Crippen LogP) is 4.64. The second-order valence-electron chi connectivity index (χ2n) is 4.49. The van der Waals surface area contributed by atoms with Gasteiger partial charge in [0.05, 0.1) is 18.7 Å². The van der Waals surface area contributed by atoms with Gasteiger partial charge in [-0.1, -0.05) is 12.1 Å². The number of rotatable bonds is 5. The largest absolute Gasteiger partial charge is 0.497 e. The van der Waals surface area contributed by atoms with E-state index in [-0.39, 0.29) is 6.04 Å². The summed E-state index contributed by atoms with van der Waals surface area (Å²) in [7, 11) is 3.33. The van der Waals surface area contributed by atoms with Crippen molar-refractivity contribution < 1.29 is 9.47 Å². The molecule has 0 spiro atoms. The Labute approximate surface area is 128 Å². The van der Waals surface area contributed by atoms with Crippen LogP contribution in [0.15, 0.2) is 46.9 Å². The van der Waals surface area contributed by atoms with Crippen LogP contribution in [0, 0.1) is 0 Å². The molecule has 0 aromatic heterocycles. The van der Waals surface area contributed by atoms with Crippen molar-refractivity contribution in [1.82, 2.24) is 0 Å². The van der Waals surface area contributed by atoms with Crippen molar-refractivity contribution in [1.29, 1.82) is 0 Å². The molecule has 0 radical (unpaired) electrons. The van der Waals surface area contributed by atoms with E-state index in [4.69, 9.17) is 9.47 Å². The lowest BCUT2D eigenvalue weighted by atomic mass is 10.1. The van der Waals surface area contributed by atoms with E-state index in [1.807, 2.05) is 30.3 Å². The van der Waals surface area contributed by atoms with Crippen LogP contribution in [-0.2, 0) is 0 Å². The Morgan fingerprint density at radius 2 is 1.70 bits per heavy atom. The molecule has 0 heterocycles. The second kappa shape index (κ2) is 6.66. The van der Waals surface area contributed by atoms with E-state index in [1.165, 1.54) is 5.56 Å². The average molecular weight is 336 g/mol. The van der Waals surface area contributed by atoms with Crippen molar-refractivity contribution in [3.8, 4) is 11.5 Å². The zero-order valence-electron chi connectivity index (χ0n) is 11.8. The lowest BCUT2D eigenvalue weighted by Crippen LogP contribution is -2.06. The molecular weight excluding hydrogens is 318 g/mol. The first-order valence-corrected chi connectivity index (χ1v) is 7.17. The Balaban J connectivity index is 2.12. The summed E-state index contributed by atoms with van der Waals surface area (Å²) < 4.78 is 11.4. The van der Waals surface area contributed by atoms with Crippen LogP contribution in [0.3, 0.4) is 0 Å². The highest BCUT2D eigenvalue weighted by atomic mass is 79.9. The van der Waals surface area contributed by atoms with E-state index in [0.29, 0.717) is 0 Å². The van der Waals surface area contributed by atoms with Crippen molar-refractivity contribution in [2.75, 3.05) is 19.5 Å². The van der Waals surface area contributed by atoms with Crippen LogP contribution in [0.25, 0.3) is 0 Å². The number of methoxy groups -OCH3 is 2. The van der Waals surface area contributed by atoms with Gasteiger partial charge in [0.15, 0.2) is 0 Å². The minimum Gasteiger partial charge on any atom is -0.497 e. The SMILES string of the molecule is COc1ccc(C(C)Nc2ccc(Br)c(OC)c2)cc1. The fourth-order valence-electron chi connectivity index (χ4n) is 1.98. The number of hydrogen-bond acceptors (Lipinski definition) is 3. The number of benzene rings is 2. The Bertz CT molecular complexity index is 569. The molecule has 106 valence electrons. The van der Waals surface area contributed by atoms with Gasteiger partial charge in [0.1, 0.15) is 11.5 Å². The Morgan fingerprint density at radius 1 is 1.00 bits per heavy atom. The average Bonchev–Trinajstić information content (AvgIpc) is 2.49. The fourth-order valence-corrected chi connectivity index (χ4v) is 2.38. The summed E-state index contributed by atoms with van der Waals surface area (Å²) in [5.41, 5.74) is 2.22. The van der Waals surface area contributed by atoms with Gasteiger partial charge in [0, 0.05) is 17.8 Å². The van der Waals surface area contributed by atoms with Gasteiger partial charge in [0.25, 0.3) is 0 Å². The molecule has 0 saturated carbocycles. The Hall–Kier alpha value is -1.68. The van der Waals surface area contributed by atoms with Gasteiger partial charge in [0.2, 0.25) is 0 Å². The van der Waals surface area contributed by atoms with Gasteiger partial charge < -0.3 is 14.8 Å². The van der Waals surface area contributed by atoms with Crippen LogP contribution >= 0.6 is 15.9 Å². The molecule has 2 aromatic carbocycles. The van der Waals surface area contributed by atoms with Gasteiger partial charge in [-0.3, -0.25) is 0 Å². The van der Waals surface area contributed by atoms with E-state index in [0.717, 1.165) is 21.7 Å². The smallest absolute Gasteiger partial charge is 0.135 e. The van der Waals surface area contributed by atoms with Gasteiger partial charge in [-0.05, 0) is 52.7 Å².